The molecule has 2 saturated heterocycles. The third-order valence-corrected chi connectivity index (χ3v) is 8.39. The lowest BCUT2D eigenvalue weighted by Crippen LogP contribution is -2.50. The van der Waals surface area contributed by atoms with Crippen LogP contribution in [0.1, 0.15) is 84.0 Å². The van der Waals surface area contributed by atoms with E-state index in [0.717, 1.165) is 31.0 Å². The molecule has 1 aliphatic carbocycles. The smallest absolute Gasteiger partial charge is 0.415 e. The zero-order valence-electron chi connectivity index (χ0n) is 25.9. The molecule has 3 fully saturated rings. The molecule has 0 radical (unpaired) electrons. The maximum absolute atomic E-state index is 12.6. The molecule has 228 valence electrons. The van der Waals surface area contributed by atoms with E-state index in [9.17, 15) is 9.59 Å². The molecule has 3 aliphatic rings. The van der Waals surface area contributed by atoms with Crippen LogP contribution in [0.5, 0.6) is 0 Å². The van der Waals surface area contributed by atoms with Gasteiger partial charge in [-0.2, -0.15) is 4.98 Å². The number of benzene rings is 1. The van der Waals surface area contributed by atoms with E-state index in [0.29, 0.717) is 37.5 Å². The van der Waals surface area contributed by atoms with Gasteiger partial charge >= 0.3 is 12.2 Å². The van der Waals surface area contributed by atoms with E-state index in [1.165, 1.54) is 18.4 Å². The van der Waals surface area contributed by atoms with Crippen molar-refractivity contribution in [2.45, 2.75) is 84.5 Å². The van der Waals surface area contributed by atoms with Crippen molar-refractivity contribution in [2.75, 3.05) is 43.0 Å². The van der Waals surface area contributed by atoms with E-state index in [1.54, 1.807) is 17.2 Å². The molecule has 3 heterocycles. The highest BCUT2D eigenvalue weighted by atomic mass is 16.6. The van der Waals surface area contributed by atoms with Crippen LogP contribution in [0.25, 0.3) is 0 Å². The van der Waals surface area contributed by atoms with Crippen LogP contribution in [0.2, 0.25) is 0 Å². The molecule has 2 aliphatic heterocycles. The molecule has 3 atom stereocenters. The highest BCUT2D eigenvalue weighted by Gasteiger charge is 2.37. The normalized spacial score (nSPS) is 21.3. The SMILES string of the molecule is CC(C)C1COC(=O)N1c1ccnc(N[C@@H](C)c2ccc(C(CC3CC3)N3CCN(C(=O)OC(C)(C)C)CC3)cc2)n1. The van der Waals surface area contributed by atoms with Gasteiger partial charge in [-0.25, -0.2) is 14.6 Å². The maximum Gasteiger partial charge on any atom is 0.415 e. The summed E-state index contributed by atoms with van der Waals surface area (Å²) in [5.41, 5.74) is 1.96. The topological polar surface area (TPSA) is 100 Å². The summed E-state index contributed by atoms with van der Waals surface area (Å²) in [5.74, 6) is 2.05. The second-order valence-corrected chi connectivity index (χ2v) is 13.2. The molecule has 2 unspecified atom stereocenters. The number of carbonyl (C=O) groups excluding carboxylic acids is 2. The summed E-state index contributed by atoms with van der Waals surface area (Å²) in [6.45, 7) is 15.4. The van der Waals surface area contributed by atoms with Gasteiger partial charge in [0.05, 0.1) is 12.1 Å². The van der Waals surface area contributed by atoms with Gasteiger partial charge in [-0.3, -0.25) is 9.80 Å². The number of hydrogen-bond acceptors (Lipinski definition) is 8. The van der Waals surface area contributed by atoms with Crippen LogP contribution >= 0.6 is 0 Å². The first-order chi connectivity index (χ1) is 20.0. The number of cyclic esters (lactones) is 1. The molecular weight excluding hydrogens is 532 g/mol. The number of hydrogen-bond donors (Lipinski definition) is 1. The van der Waals surface area contributed by atoms with E-state index in [4.69, 9.17) is 9.47 Å². The molecule has 10 nitrogen and oxygen atoms in total. The first-order valence-electron chi connectivity index (χ1n) is 15.4. The highest BCUT2D eigenvalue weighted by molar-refractivity contribution is 5.89. The summed E-state index contributed by atoms with van der Waals surface area (Å²) in [6, 6.07) is 10.9. The number of nitrogens with one attached hydrogen (secondary N) is 1. The molecule has 10 heteroatoms. The molecule has 1 N–H and O–H groups in total. The molecule has 2 aromatic rings. The molecule has 2 amide bonds. The Morgan fingerprint density at radius 2 is 1.71 bits per heavy atom. The summed E-state index contributed by atoms with van der Waals surface area (Å²) in [7, 11) is 0. The van der Waals surface area contributed by atoms with E-state index in [2.05, 4.69) is 65.2 Å². The molecule has 0 spiro atoms. The van der Waals surface area contributed by atoms with Crippen LogP contribution in [0.15, 0.2) is 36.5 Å². The third-order valence-electron chi connectivity index (χ3n) is 8.39. The van der Waals surface area contributed by atoms with Gasteiger partial charge in [0, 0.05) is 38.4 Å². The monoisotopic (exact) mass is 578 g/mol. The summed E-state index contributed by atoms with van der Waals surface area (Å²) in [6.07, 6.45) is 4.85. The molecule has 1 aromatic carbocycles. The molecule has 42 heavy (non-hydrogen) atoms. The quantitative estimate of drug-likeness (QED) is 0.385. The van der Waals surface area contributed by atoms with Gasteiger partial charge < -0.3 is 19.7 Å². The zero-order valence-corrected chi connectivity index (χ0v) is 25.9. The number of amides is 2. The Labute approximate surface area is 249 Å². The summed E-state index contributed by atoms with van der Waals surface area (Å²) in [4.78, 5) is 40.0. The van der Waals surface area contributed by atoms with Crippen LogP contribution in [-0.4, -0.2) is 76.4 Å². The fourth-order valence-corrected chi connectivity index (χ4v) is 5.73. The van der Waals surface area contributed by atoms with Crippen molar-refractivity contribution in [1.82, 2.24) is 19.8 Å². The second kappa shape index (κ2) is 12.5. The number of anilines is 2. The Balaban J connectivity index is 1.23. The van der Waals surface area contributed by atoms with Crippen molar-refractivity contribution in [3.8, 4) is 0 Å². The number of rotatable bonds is 9. The van der Waals surface area contributed by atoms with Gasteiger partial charge in [0.25, 0.3) is 0 Å². The Bertz CT molecular complexity index is 1230. The standard InChI is InChI=1S/C32H46N6O4/c1-21(2)27-20-41-31(40)38(27)28-13-14-33-29(35-28)34-22(3)24-9-11-25(12-10-24)26(19-23-7-8-23)36-15-17-37(18-16-36)30(39)42-32(4,5)6/h9-14,21-23,26-27H,7-8,15-20H2,1-6H3,(H,33,34,35)/t22-,26?,27?/m0/s1. The Kier molecular flexibility index (Phi) is 8.92. The molecular formula is C32H46N6O4. The second-order valence-electron chi connectivity index (χ2n) is 13.2. The van der Waals surface area contributed by atoms with Crippen LogP contribution in [0, 0.1) is 11.8 Å². The molecule has 0 bridgehead atoms. The van der Waals surface area contributed by atoms with Gasteiger partial charge in [-0.15, -0.1) is 0 Å². The Morgan fingerprint density at radius 3 is 2.33 bits per heavy atom. The van der Waals surface area contributed by atoms with Gasteiger partial charge in [0.1, 0.15) is 18.0 Å². The number of ether oxygens (including phenoxy) is 2. The summed E-state index contributed by atoms with van der Waals surface area (Å²) >= 11 is 0. The lowest BCUT2D eigenvalue weighted by Gasteiger charge is -2.40. The lowest BCUT2D eigenvalue weighted by atomic mass is 9.96. The first-order valence-corrected chi connectivity index (χ1v) is 15.4. The zero-order chi connectivity index (χ0) is 30.0. The van der Waals surface area contributed by atoms with E-state index >= 15 is 0 Å². The summed E-state index contributed by atoms with van der Waals surface area (Å²) in [5, 5.41) is 3.41. The van der Waals surface area contributed by atoms with Crippen molar-refractivity contribution in [3.05, 3.63) is 47.7 Å². The van der Waals surface area contributed by atoms with E-state index in [1.807, 2.05) is 25.7 Å². The average molecular weight is 579 g/mol. The average Bonchev–Trinajstić information content (AvgIpc) is 3.69. The fourth-order valence-electron chi connectivity index (χ4n) is 5.73. The van der Waals surface area contributed by atoms with Gasteiger partial charge in [-0.05, 0) is 63.1 Å². The molecule has 5 rings (SSSR count). The number of nitrogens with zero attached hydrogens (tertiary/aromatic N) is 5. The number of carbonyl (C=O) groups is 2. The summed E-state index contributed by atoms with van der Waals surface area (Å²) < 4.78 is 10.9. The Morgan fingerprint density at radius 1 is 1.05 bits per heavy atom. The molecule has 1 aromatic heterocycles. The molecule has 1 saturated carbocycles. The lowest BCUT2D eigenvalue weighted by molar-refractivity contribution is 0.00941. The minimum Gasteiger partial charge on any atom is -0.447 e. The third kappa shape index (κ3) is 7.32. The minimum atomic E-state index is -0.482. The van der Waals surface area contributed by atoms with Crippen molar-refractivity contribution < 1.29 is 19.1 Å². The van der Waals surface area contributed by atoms with Crippen molar-refractivity contribution >= 4 is 24.0 Å². The van der Waals surface area contributed by atoms with Gasteiger partial charge in [0.15, 0.2) is 0 Å². The highest BCUT2D eigenvalue weighted by Crippen LogP contribution is 2.40. The van der Waals surface area contributed by atoms with Gasteiger partial charge in [-0.1, -0.05) is 51.0 Å². The van der Waals surface area contributed by atoms with Crippen molar-refractivity contribution in [1.29, 1.82) is 0 Å². The predicted molar refractivity (Wildman–Crippen MR) is 162 cm³/mol. The van der Waals surface area contributed by atoms with E-state index in [-0.39, 0.29) is 30.2 Å². The number of aromatic nitrogens is 2. The Hall–Kier alpha value is -3.40. The fraction of sp³-hybridized carbons (Fsp3) is 0.625. The van der Waals surface area contributed by atoms with Crippen LogP contribution in [0.4, 0.5) is 21.4 Å². The van der Waals surface area contributed by atoms with Gasteiger partial charge in [0.2, 0.25) is 5.95 Å². The van der Waals surface area contributed by atoms with E-state index < -0.39 is 5.60 Å². The first kappa shape index (κ1) is 30.1. The van der Waals surface area contributed by atoms with Crippen molar-refractivity contribution in [2.24, 2.45) is 11.8 Å². The maximum atomic E-state index is 12.6. The van der Waals surface area contributed by atoms with Crippen LogP contribution in [0.3, 0.4) is 0 Å². The van der Waals surface area contributed by atoms with Crippen LogP contribution in [-0.2, 0) is 9.47 Å². The number of piperazine rings is 1. The van der Waals surface area contributed by atoms with Crippen LogP contribution < -0.4 is 10.2 Å². The largest absolute Gasteiger partial charge is 0.447 e. The minimum absolute atomic E-state index is 0.0278. The predicted octanol–water partition coefficient (Wildman–Crippen LogP) is 6.02. The van der Waals surface area contributed by atoms with Crippen molar-refractivity contribution in [3.63, 3.8) is 0 Å².